The SMILES string of the molecule is COC(=O)[C@@H](C)CC(N)Cc1ccccc1. The van der Waals surface area contributed by atoms with E-state index in [0.717, 1.165) is 6.42 Å². The summed E-state index contributed by atoms with van der Waals surface area (Å²) in [6.07, 6.45) is 1.45. The molecule has 0 radical (unpaired) electrons. The molecule has 0 aliphatic rings. The van der Waals surface area contributed by atoms with Gasteiger partial charge in [-0.05, 0) is 18.4 Å². The lowest BCUT2D eigenvalue weighted by Crippen LogP contribution is -2.28. The third-order valence-electron chi connectivity index (χ3n) is 2.60. The number of hydrogen-bond acceptors (Lipinski definition) is 3. The fourth-order valence-corrected chi connectivity index (χ4v) is 1.75. The molecule has 16 heavy (non-hydrogen) atoms. The summed E-state index contributed by atoms with van der Waals surface area (Å²) in [5.41, 5.74) is 7.19. The Kier molecular flexibility index (Phi) is 4.99. The summed E-state index contributed by atoms with van der Waals surface area (Å²) in [6.45, 7) is 1.84. The van der Waals surface area contributed by atoms with Crippen molar-refractivity contribution in [2.45, 2.75) is 25.8 Å². The normalized spacial score (nSPS) is 14.2. The minimum atomic E-state index is -0.191. The van der Waals surface area contributed by atoms with Gasteiger partial charge >= 0.3 is 5.97 Å². The Morgan fingerprint density at radius 3 is 2.56 bits per heavy atom. The van der Waals surface area contributed by atoms with Crippen LogP contribution in [0.1, 0.15) is 18.9 Å². The number of benzene rings is 1. The van der Waals surface area contributed by atoms with Crippen molar-refractivity contribution in [3.05, 3.63) is 35.9 Å². The van der Waals surface area contributed by atoms with Gasteiger partial charge in [0, 0.05) is 6.04 Å². The Morgan fingerprint density at radius 1 is 1.38 bits per heavy atom. The van der Waals surface area contributed by atoms with Gasteiger partial charge in [0.15, 0.2) is 0 Å². The van der Waals surface area contributed by atoms with Crippen molar-refractivity contribution in [2.24, 2.45) is 11.7 Å². The predicted octanol–water partition coefficient (Wildman–Crippen LogP) is 1.76. The fraction of sp³-hybridized carbons (Fsp3) is 0.462. The van der Waals surface area contributed by atoms with Crippen molar-refractivity contribution in [3.8, 4) is 0 Å². The Balaban J connectivity index is 2.42. The number of hydrogen-bond donors (Lipinski definition) is 1. The molecule has 1 aromatic carbocycles. The van der Waals surface area contributed by atoms with Crippen molar-refractivity contribution in [1.29, 1.82) is 0 Å². The van der Waals surface area contributed by atoms with Gasteiger partial charge in [-0.3, -0.25) is 4.79 Å². The summed E-state index contributed by atoms with van der Waals surface area (Å²) in [4.78, 5) is 11.2. The second-order valence-corrected chi connectivity index (χ2v) is 4.11. The van der Waals surface area contributed by atoms with E-state index in [9.17, 15) is 4.79 Å². The summed E-state index contributed by atoms with van der Waals surface area (Å²) in [5.74, 6) is -0.327. The van der Waals surface area contributed by atoms with Crippen molar-refractivity contribution >= 4 is 5.97 Å². The molecular weight excluding hydrogens is 202 g/mol. The van der Waals surface area contributed by atoms with Crippen LogP contribution in [0.5, 0.6) is 0 Å². The first-order valence-corrected chi connectivity index (χ1v) is 5.50. The molecule has 0 aromatic heterocycles. The molecule has 2 N–H and O–H groups in total. The molecule has 1 rings (SSSR count). The maximum atomic E-state index is 11.2. The maximum Gasteiger partial charge on any atom is 0.308 e. The van der Waals surface area contributed by atoms with Gasteiger partial charge in [0.05, 0.1) is 13.0 Å². The number of nitrogens with two attached hydrogens (primary N) is 1. The van der Waals surface area contributed by atoms with Crippen molar-refractivity contribution in [3.63, 3.8) is 0 Å². The van der Waals surface area contributed by atoms with E-state index in [4.69, 9.17) is 5.73 Å². The molecule has 0 amide bonds. The second kappa shape index (κ2) is 6.28. The zero-order valence-electron chi connectivity index (χ0n) is 9.85. The first kappa shape index (κ1) is 12.7. The zero-order chi connectivity index (χ0) is 12.0. The quantitative estimate of drug-likeness (QED) is 0.771. The third kappa shape index (κ3) is 4.03. The van der Waals surface area contributed by atoms with Crippen molar-refractivity contribution < 1.29 is 9.53 Å². The van der Waals surface area contributed by atoms with Crippen LogP contribution in [-0.2, 0) is 16.0 Å². The van der Waals surface area contributed by atoms with Gasteiger partial charge < -0.3 is 10.5 Å². The number of esters is 1. The second-order valence-electron chi connectivity index (χ2n) is 4.11. The molecule has 0 aliphatic heterocycles. The van der Waals surface area contributed by atoms with E-state index in [0.29, 0.717) is 6.42 Å². The van der Waals surface area contributed by atoms with Gasteiger partial charge in [0.2, 0.25) is 0 Å². The average Bonchev–Trinajstić information content (AvgIpc) is 2.29. The van der Waals surface area contributed by atoms with E-state index in [2.05, 4.69) is 4.74 Å². The van der Waals surface area contributed by atoms with E-state index in [-0.39, 0.29) is 17.9 Å². The van der Waals surface area contributed by atoms with Gasteiger partial charge in [-0.15, -0.1) is 0 Å². The van der Waals surface area contributed by atoms with Gasteiger partial charge in [-0.25, -0.2) is 0 Å². The molecule has 2 atom stereocenters. The number of carbonyl (C=O) groups excluding carboxylic acids is 1. The largest absolute Gasteiger partial charge is 0.469 e. The molecule has 1 unspecified atom stereocenters. The molecule has 0 saturated carbocycles. The molecule has 0 spiro atoms. The van der Waals surface area contributed by atoms with Crippen LogP contribution in [0.2, 0.25) is 0 Å². The third-order valence-corrected chi connectivity index (χ3v) is 2.60. The monoisotopic (exact) mass is 221 g/mol. The van der Waals surface area contributed by atoms with Crippen LogP contribution in [0.4, 0.5) is 0 Å². The summed E-state index contributed by atoms with van der Waals surface area (Å²) < 4.78 is 4.67. The highest BCUT2D eigenvalue weighted by Gasteiger charge is 2.16. The van der Waals surface area contributed by atoms with E-state index < -0.39 is 0 Å². The molecule has 3 heteroatoms. The average molecular weight is 221 g/mol. The molecule has 0 saturated heterocycles. The highest BCUT2D eigenvalue weighted by atomic mass is 16.5. The lowest BCUT2D eigenvalue weighted by atomic mass is 9.97. The van der Waals surface area contributed by atoms with Gasteiger partial charge in [0.1, 0.15) is 0 Å². The highest BCUT2D eigenvalue weighted by Crippen LogP contribution is 2.11. The van der Waals surface area contributed by atoms with Crippen LogP contribution >= 0.6 is 0 Å². The fourth-order valence-electron chi connectivity index (χ4n) is 1.75. The van der Waals surface area contributed by atoms with Crippen LogP contribution in [0, 0.1) is 5.92 Å². The molecule has 0 aliphatic carbocycles. The standard InChI is InChI=1S/C13H19NO2/c1-10(13(15)16-2)8-12(14)9-11-6-4-3-5-7-11/h3-7,10,12H,8-9,14H2,1-2H3/t10-,12?/m0/s1. The van der Waals surface area contributed by atoms with Crippen LogP contribution in [0.3, 0.4) is 0 Å². The van der Waals surface area contributed by atoms with Crippen LogP contribution in [0.15, 0.2) is 30.3 Å². The molecule has 0 fully saturated rings. The summed E-state index contributed by atoms with van der Waals surface area (Å²) in [6, 6.07) is 10.0. The topological polar surface area (TPSA) is 52.3 Å². The lowest BCUT2D eigenvalue weighted by Gasteiger charge is -2.15. The minimum absolute atomic E-state index is 0.00324. The van der Waals surface area contributed by atoms with E-state index in [1.165, 1.54) is 12.7 Å². The molecule has 3 nitrogen and oxygen atoms in total. The Bertz CT molecular complexity index is 324. The molecule has 88 valence electrons. The maximum absolute atomic E-state index is 11.2. The molecule has 0 bridgehead atoms. The van der Waals surface area contributed by atoms with Gasteiger partial charge in [-0.2, -0.15) is 0 Å². The van der Waals surface area contributed by atoms with E-state index in [1.807, 2.05) is 37.3 Å². The van der Waals surface area contributed by atoms with Crippen molar-refractivity contribution in [2.75, 3.05) is 7.11 Å². The lowest BCUT2D eigenvalue weighted by molar-refractivity contribution is -0.145. The van der Waals surface area contributed by atoms with Crippen molar-refractivity contribution in [1.82, 2.24) is 0 Å². The van der Waals surface area contributed by atoms with Crippen LogP contribution in [-0.4, -0.2) is 19.1 Å². The van der Waals surface area contributed by atoms with Crippen LogP contribution < -0.4 is 5.73 Å². The van der Waals surface area contributed by atoms with Gasteiger partial charge in [-0.1, -0.05) is 37.3 Å². The van der Waals surface area contributed by atoms with E-state index >= 15 is 0 Å². The smallest absolute Gasteiger partial charge is 0.308 e. The molecule has 1 aromatic rings. The van der Waals surface area contributed by atoms with Gasteiger partial charge in [0.25, 0.3) is 0 Å². The zero-order valence-corrected chi connectivity index (χ0v) is 9.85. The van der Waals surface area contributed by atoms with Crippen LogP contribution in [0.25, 0.3) is 0 Å². The predicted molar refractivity (Wildman–Crippen MR) is 63.9 cm³/mol. The molecular formula is C13H19NO2. The highest BCUT2D eigenvalue weighted by molar-refractivity contribution is 5.71. The minimum Gasteiger partial charge on any atom is -0.469 e. The Morgan fingerprint density at radius 2 is 2.00 bits per heavy atom. The number of carbonyl (C=O) groups is 1. The van der Waals surface area contributed by atoms with E-state index in [1.54, 1.807) is 0 Å². The summed E-state index contributed by atoms with van der Waals surface area (Å²) >= 11 is 0. The first-order chi connectivity index (χ1) is 7.63. The first-order valence-electron chi connectivity index (χ1n) is 5.50. The number of rotatable bonds is 5. The summed E-state index contributed by atoms with van der Waals surface area (Å²) in [5, 5.41) is 0. The Labute approximate surface area is 96.6 Å². The Hall–Kier alpha value is -1.35. The molecule has 0 heterocycles. The number of methoxy groups -OCH3 is 1. The number of ether oxygens (including phenoxy) is 1. The summed E-state index contributed by atoms with van der Waals surface area (Å²) in [7, 11) is 1.40.